The Kier molecular flexibility index (Phi) is 7.88. The van der Waals surface area contributed by atoms with Crippen molar-refractivity contribution in [3.63, 3.8) is 0 Å². The fourth-order valence-electron chi connectivity index (χ4n) is 5.63. The lowest BCUT2D eigenvalue weighted by Gasteiger charge is -2.37. The number of nitrogens with two attached hydrogens (primary N) is 2. The van der Waals surface area contributed by atoms with Crippen molar-refractivity contribution in [2.24, 2.45) is 16.9 Å². The van der Waals surface area contributed by atoms with Crippen LogP contribution in [0.15, 0.2) is 97.2 Å². The molecule has 4 aromatic rings. The number of carbonyl (C=O) groups excluding carboxylic acids is 3. The lowest BCUT2D eigenvalue weighted by atomic mass is 9.67. The van der Waals surface area contributed by atoms with Crippen LogP contribution in [0.5, 0.6) is 0 Å². The number of H-pyrrole nitrogens is 1. The van der Waals surface area contributed by atoms with Crippen molar-refractivity contribution in [3.8, 4) is 0 Å². The van der Waals surface area contributed by atoms with Crippen LogP contribution in [0.25, 0.3) is 21.7 Å². The summed E-state index contributed by atoms with van der Waals surface area (Å²) in [7, 11) is 0. The van der Waals surface area contributed by atoms with Gasteiger partial charge in [-0.05, 0) is 54.2 Å². The molecule has 5 rings (SSSR count). The highest BCUT2D eigenvalue weighted by Crippen LogP contribution is 2.38. The van der Waals surface area contributed by atoms with Crippen molar-refractivity contribution >= 4 is 39.5 Å². The molecule has 210 valence electrons. The van der Waals surface area contributed by atoms with Gasteiger partial charge in [0.1, 0.15) is 6.61 Å². The van der Waals surface area contributed by atoms with E-state index in [0.717, 1.165) is 32.8 Å². The largest absolute Gasteiger partial charge is 0.444 e. The van der Waals surface area contributed by atoms with Crippen molar-refractivity contribution in [1.82, 2.24) is 10.3 Å². The van der Waals surface area contributed by atoms with Crippen molar-refractivity contribution in [1.29, 1.82) is 0 Å². The quantitative estimate of drug-likeness (QED) is 0.235. The Morgan fingerprint density at radius 2 is 1.73 bits per heavy atom. The molecule has 0 radical (unpaired) electrons. The maximum atomic E-state index is 13.9. The number of nitrogens with one attached hydrogen (secondary N) is 2. The molecule has 1 heterocycles. The summed E-state index contributed by atoms with van der Waals surface area (Å²) in [6.07, 6.45) is 8.84. The summed E-state index contributed by atoms with van der Waals surface area (Å²) in [6.45, 7) is 1.49. The van der Waals surface area contributed by atoms with Gasteiger partial charge in [-0.15, -0.1) is 0 Å². The van der Waals surface area contributed by atoms with E-state index in [1.54, 1.807) is 12.2 Å². The molecule has 2 amide bonds. The van der Waals surface area contributed by atoms with Crippen molar-refractivity contribution < 1.29 is 19.1 Å². The second kappa shape index (κ2) is 11.5. The molecule has 1 aliphatic rings. The second-order valence-electron chi connectivity index (χ2n) is 10.9. The Morgan fingerprint density at radius 1 is 1.00 bits per heavy atom. The van der Waals surface area contributed by atoms with Gasteiger partial charge in [0.15, 0.2) is 5.78 Å². The first-order valence-corrected chi connectivity index (χ1v) is 13.6. The van der Waals surface area contributed by atoms with E-state index in [1.807, 2.05) is 85.1 Å². The molecule has 0 fully saturated rings. The van der Waals surface area contributed by atoms with Crippen LogP contribution in [-0.4, -0.2) is 34.3 Å². The number of hydrogen-bond donors (Lipinski definition) is 4. The minimum Gasteiger partial charge on any atom is -0.444 e. The predicted molar refractivity (Wildman–Crippen MR) is 160 cm³/mol. The summed E-state index contributed by atoms with van der Waals surface area (Å²) >= 11 is 0. The molecule has 1 aliphatic carbocycles. The normalized spacial score (nSPS) is 18.6. The maximum absolute atomic E-state index is 13.9. The van der Waals surface area contributed by atoms with E-state index in [0.29, 0.717) is 12.8 Å². The zero-order chi connectivity index (χ0) is 29.0. The molecule has 0 saturated carbocycles. The van der Waals surface area contributed by atoms with E-state index in [2.05, 4.69) is 10.3 Å². The minimum atomic E-state index is -1.57. The Morgan fingerprint density at radius 3 is 2.51 bits per heavy atom. The van der Waals surface area contributed by atoms with Crippen molar-refractivity contribution in [2.75, 3.05) is 0 Å². The fraction of sp³-hybridized carbons (Fsp3) is 0.242. The van der Waals surface area contributed by atoms with E-state index in [1.165, 1.54) is 6.92 Å². The minimum absolute atomic E-state index is 0.0135. The number of Topliss-reactive ketones (excluding diaryl/α,β-unsaturated/α-hetero) is 1. The Labute approximate surface area is 238 Å². The first kappa shape index (κ1) is 28.0. The third-order valence-corrected chi connectivity index (χ3v) is 7.74. The predicted octanol–water partition coefficient (Wildman–Crippen LogP) is 4.82. The summed E-state index contributed by atoms with van der Waals surface area (Å²) in [4.78, 5) is 42.9. The summed E-state index contributed by atoms with van der Waals surface area (Å²) in [5.41, 5.74) is 13.0. The van der Waals surface area contributed by atoms with Gasteiger partial charge in [0, 0.05) is 17.1 Å². The van der Waals surface area contributed by atoms with Gasteiger partial charge in [-0.25, -0.2) is 4.79 Å². The molecule has 8 heteroatoms. The zero-order valence-corrected chi connectivity index (χ0v) is 22.9. The number of carbonyl (C=O) groups is 3. The molecule has 8 nitrogen and oxygen atoms in total. The van der Waals surface area contributed by atoms with Gasteiger partial charge in [0.25, 0.3) is 0 Å². The molecule has 41 heavy (non-hydrogen) atoms. The molecule has 2 unspecified atom stereocenters. The van der Waals surface area contributed by atoms with Crippen molar-refractivity contribution in [3.05, 3.63) is 108 Å². The number of alkyl carbamates (subject to hydrolysis) is 1. The summed E-state index contributed by atoms with van der Waals surface area (Å²) in [5, 5.41) is 5.24. The second-order valence-corrected chi connectivity index (χ2v) is 10.9. The van der Waals surface area contributed by atoms with Crippen LogP contribution in [0, 0.1) is 5.41 Å². The first-order valence-electron chi connectivity index (χ1n) is 13.6. The number of hydrogen-bond acceptors (Lipinski definition) is 6. The van der Waals surface area contributed by atoms with Gasteiger partial charge in [-0.2, -0.15) is 0 Å². The molecule has 3 atom stereocenters. The molecule has 0 spiro atoms. The van der Waals surface area contributed by atoms with Gasteiger partial charge in [-0.1, -0.05) is 85.0 Å². The number of amides is 2. The van der Waals surface area contributed by atoms with E-state index in [-0.39, 0.29) is 18.8 Å². The van der Waals surface area contributed by atoms with Crippen LogP contribution >= 0.6 is 0 Å². The zero-order valence-electron chi connectivity index (χ0n) is 22.9. The lowest BCUT2D eigenvalue weighted by molar-refractivity contribution is -0.131. The van der Waals surface area contributed by atoms with E-state index in [9.17, 15) is 14.4 Å². The third kappa shape index (κ3) is 5.99. The number of aromatic nitrogens is 1. The van der Waals surface area contributed by atoms with Crippen LogP contribution in [-0.2, 0) is 27.4 Å². The van der Waals surface area contributed by atoms with Gasteiger partial charge in [0.2, 0.25) is 5.91 Å². The van der Waals surface area contributed by atoms with E-state index in [4.69, 9.17) is 16.2 Å². The maximum Gasteiger partial charge on any atom is 0.414 e. The molecule has 0 bridgehead atoms. The first-order chi connectivity index (χ1) is 19.7. The summed E-state index contributed by atoms with van der Waals surface area (Å²) in [6, 6.07) is 20.5. The molecule has 0 saturated heterocycles. The number of fused-ring (bicyclic) bond motifs is 2. The molecule has 0 aliphatic heterocycles. The Bertz CT molecular complexity index is 1660. The van der Waals surface area contributed by atoms with Crippen LogP contribution < -0.4 is 16.8 Å². The molecule has 3 aromatic carbocycles. The SMILES string of the molecule is CC(N)(CC1(C(=O)[C@@H](N)Cc2c[nH]c3ccccc23)C=CC=CC1)C(=O)NC(=O)OCc1cccc2ccccc12. The number of ether oxygens (including phenoxy) is 1. The highest BCUT2D eigenvalue weighted by Gasteiger charge is 2.46. The highest BCUT2D eigenvalue weighted by atomic mass is 16.5. The lowest BCUT2D eigenvalue weighted by Crippen LogP contribution is -2.58. The average Bonchev–Trinajstić information content (AvgIpc) is 3.38. The van der Waals surface area contributed by atoms with Gasteiger partial charge in [-0.3, -0.25) is 14.9 Å². The molecular weight excluding hydrogens is 516 g/mol. The van der Waals surface area contributed by atoms with Crippen LogP contribution in [0.1, 0.15) is 30.9 Å². The van der Waals surface area contributed by atoms with E-state index < -0.39 is 29.0 Å². The summed E-state index contributed by atoms with van der Waals surface area (Å²) < 4.78 is 5.36. The van der Waals surface area contributed by atoms with Gasteiger partial charge >= 0.3 is 6.09 Å². The van der Waals surface area contributed by atoms with E-state index >= 15 is 0 Å². The smallest absolute Gasteiger partial charge is 0.414 e. The van der Waals surface area contributed by atoms with Crippen LogP contribution in [0.4, 0.5) is 4.79 Å². The van der Waals surface area contributed by atoms with Crippen LogP contribution in [0.2, 0.25) is 0 Å². The number of allylic oxidation sites excluding steroid dienone is 4. The highest BCUT2D eigenvalue weighted by molar-refractivity contribution is 5.99. The number of rotatable bonds is 9. The Hall–Kier alpha value is -4.53. The fourth-order valence-corrected chi connectivity index (χ4v) is 5.63. The molecule has 6 N–H and O–H groups in total. The monoisotopic (exact) mass is 550 g/mol. The molecular formula is C33H34N4O4. The number of imide groups is 1. The standard InChI is InChI=1S/C33H34N4O4/c1-32(35,30(39)37-31(40)41-20-23-12-9-11-22-10-3-4-13-25(22)23)21-33(16-7-2-8-17-33)29(38)27(34)18-24-19-36-28-15-6-5-14-26(24)28/h2-16,19,27,36H,17-18,20-21,34-35H2,1H3,(H,37,39,40)/t27-,32?,33?/m0/s1. The molecule has 1 aromatic heterocycles. The van der Waals surface area contributed by atoms with Gasteiger partial charge < -0.3 is 21.2 Å². The van der Waals surface area contributed by atoms with Gasteiger partial charge in [0.05, 0.1) is 17.0 Å². The number of ketones is 1. The number of aromatic amines is 1. The Balaban J connectivity index is 1.25. The third-order valence-electron chi connectivity index (χ3n) is 7.74. The number of para-hydroxylation sites is 1. The topological polar surface area (TPSA) is 140 Å². The van der Waals surface area contributed by atoms with Crippen LogP contribution in [0.3, 0.4) is 0 Å². The number of benzene rings is 3. The summed E-state index contributed by atoms with van der Waals surface area (Å²) in [5.74, 6) is -0.952. The average molecular weight is 551 g/mol. The van der Waals surface area contributed by atoms with Crippen molar-refractivity contribution in [2.45, 2.75) is 44.4 Å².